The Morgan fingerprint density at radius 3 is 2.67 bits per heavy atom. The van der Waals surface area contributed by atoms with Gasteiger partial charge in [-0.15, -0.1) is 11.3 Å². The van der Waals surface area contributed by atoms with Crippen LogP contribution in [0.3, 0.4) is 0 Å². The van der Waals surface area contributed by atoms with Crippen molar-refractivity contribution in [1.82, 2.24) is 0 Å². The molecule has 4 heteroatoms. The third-order valence-electron chi connectivity index (χ3n) is 2.00. The molecule has 0 fully saturated rings. The summed E-state index contributed by atoms with van der Waals surface area (Å²) in [5.74, 6) is -0.377. The van der Waals surface area contributed by atoms with Crippen molar-refractivity contribution in [3.05, 3.63) is 46.0 Å². The second kappa shape index (κ2) is 4.64. The van der Waals surface area contributed by atoms with Gasteiger partial charge in [0.1, 0.15) is 5.82 Å². The van der Waals surface area contributed by atoms with E-state index < -0.39 is 0 Å². The van der Waals surface area contributed by atoms with Crippen molar-refractivity contribution < 1.29 is 4.39 Å². The molecule has 0 N–H and O–H groups in total. The minimum Gasteiger partial charge on any atom is -0.205 e. The van der Waals surface area contributed by atoms with Crippen LogP contribution in [-0.2, 0) is 5.33 Å². The monoisotopic (exact) mass is 304 g/mol. The zero-order valence-electron chi connectivity index (χ0n) is 7.64. The summed E-state index contributed by atoms with van der Waals surface area (Å²) in [4.78, 5) is 2.34. The van der Waals surface area contributed by atoms with Gasteiger partial charge in [0.15, 0.2) is 0 Å². The maximum atomic E-state index is 12.9. The predicted octanol–water partition coefficient (Wildman–Crippen LogP) is 5.10. The highest BCUT2D eigenvalue weighted by molar-refractivity contribution is 9.08. The van der Waals surface area contributed by atoms with Crippen LogP contribution in [0.2, 0.25) is 5.02 Å². The lowest BCUT2D eigenvalue weighted by molar-refractivity contribution is 0.628. The van der Waals surface area contributed by atoms with Crippen molar-refractivity contribution in [2.75, 3.05) is 0 Å². The van der Waals surface area contributed by atoms with Gasteiger partial charge in [-0.3, -0.25) is 0 Å². The topological polar surface area (TPSA) is 0 Å². The SMILES string of the molecule is Fc1ccc(-c2ccc(CBr)s2)cc1Cl. The van der Waals surface area contributed by atoms with Crippen LogP contribution in [0.1, 0.15) is 4.88 Å². The van der Waals surface area contributed by atoms with Gasteiger partial charge in [-0.1, -0.05) is 33.6 Å². The smallest absolute Gasteiger partial charge is 0.141 e. The van der Waals surface area contributed by atoms with E-state index in [0.717, 1.165) is 15.8 Å². The molecule has 1 heterocycles. The lowest BCUT2D eigenvalue weighted by Crippen LogP contribution is -1.77. The van der Waals surface area contributed by atoms with Gasteiger partial charge in [0.2, 0.25) is 0 Å². The summed E-state index contributed by atoms with van der Waals surface area (Å²) >= 11 is 10.8. The van der Waals surface area contributed by atoms with E-state index in [2.05, 4.69) is 15.9 Å². The van der Waals surface area contributed by atoms with Gasteiger partial charge in [-0.2, -0.15) is 0 Å². The third kappa shape index (κ3) is 2.41. The highest BCUT2D eigenvalue weighted by atomic mass is 79.9. The molecule has 2 aromatic rings. The Hall–Kier alpha value is -0.380. The standard InChI is InChI=1S/C11H7BrClFS/c12-6-8-2-4-11(15-8)7-1-3-10(14)9(13)5-7/h1-5H,6H2. The van der Waals surface area contributed by atoms with Gasteiger partial charge in [-0.05, 0) is 29.8 Å². The average molecular weight is 306 g/mol. The first-order chi connectivity index (χ1) is 7.20. The van der Waals surface area contributed by atoms with Gasteiger partial charge in [0.25, 0.3) is 0 Å². The van der Waals surface area contributed by atoms with E-state index in [1.54, 1.807) is 23.5 Å². The van der Waals surface area contributed by atoms with E-state index in [-0.39, 0.29) is 10.8 Å². The molecule has 0 amide bonds. The number of hydrogen-bond acceptors (Lipinski definition) is 1. The summed E-state index contributed by atoms with van der Waals surface area (Å²) in [6, 6.07) is 8.85. The Labute approximate surface area is 105 Å². The zero-order valence-corrected chi connectivity index (χ0v) is 10.8. The molecule has 0 saturated heterocycles. The summed E-state index contributed by atoms with van der Waals surface area (Å²) in [5, 5.41) is 1.01. The lowest BCUT2D eigenvalue weighted by atomic mass is 10.2. The normalized spacial score (nSPS) is 10.6. The molecule has 0 atom stereocenters. The quantitative estimate of drug-likeness (QED) is 0.677. The molecule has 0 aliphatic carbocycles. The fraction of sp³-hybridized carbons (Fsp3) is 0.0909. The van der Waals surface area contributed by atoms with Gasteiger partial charge >= 0.3 is 0 Å². The summed E-state index contributed by atoms with van der Waals surface area (Å²) in [5.41, 5.74) is 0.957. The molecular weight excluding hydrogens is 299 g/mol. The zero-order chi connectivity index (χ0) is 10.8. The molecule has 0 nitrogen and oxygen atoms in total. The largest absolute Gasteiger partial charge is 0.205 e. The second-order valence-corrected chi connectivity index (χ2v) is 5.16. The van der Waals surface area contributed by atoms with E-state index in [9.17, 15) is 4.39 Å². The molecule has 15 heavy (non-hydrogen) atoms. The summed E-state index contributed by atoms with van der Waals surface area (Å²) in [6.45, 7) is 0. The fourth-order valence-electron chi connectivity index (χ4n) is 1.25. The maximum Gasteiger partial charge on any atom is 0.141 e. The van der Waals surface area contributed by atoms with E-state index in [4.69, 9.17) is 11.6 Å². The first-order valence-electron chi connectivity index (χ1n) is 4.31. The van der Waals surface area contributed by atoms with Crippen LogP contribution >= 0.6 is 38.9 Å². The van der Waals surface area contributed by atoms with Crippen molar-refractivity contribution >= 4 is 38.9 Å². The van der Waals surface area contributed by atoms with Crippen molar-refractivity contribution in [3.63, 3.8) is 0 Å². The number of halogens is 3. The molecule has 0 unspecified atom stereocenters. The molecular formula is C11H7BrClFS. The molecule has 0 bridgehead atoms. The average Bonchev–Trinajstić information content (AvgIpc) is 2.70. The van der Waals surface area contributed by atoms with Crippen molar-refractivity contribution in [1.29, 1.82) is 0 Å². The number of alkyl halides is 1. The van der Waals surface area contributed by atoms with E-state index in [0.29, 0.717) is 0 Å². The van der Waals surface area contributed by atoms with E-state index in [1.165, 1.54) is 10.9 Å². The Morgan fingerprint density at radius 1 is 1.27 bits per heavy atom. The molecule has 1 aromatic heterocycles. The highest BCUT2D eigenvalue weighted by Gasteiger charge is 2.05. The molecule has 0 saturated carbocycles. The van der Waals surface area contributed by atoms with Crippen LogP contribution in [0.25, 0.3) is 10.4 Å². The molecule has 78 valence electrons. The van der Waals surface area contributed by atoms with Crippen LogP contribution in [0.15, 0.2) is 30.3 Å². The Morgan fingerprint density at radius 2 is 2.07 bits per heavy atom. The summed E-state index contributed by atoms with van der Waals surface area (Å²) in [7, 11) is 0. The van der Waals surface area contributed by atoms with Crippen LogP contribution in [-0.4, -0.2) is 0 Å². The summed E-state index contributed by atoms with van der Waals surface area (Å²) in [6.07, 6.45) is 0. The number of rotatable bonds is 2. The van der Waals surface area contributed by atoms with Crippen LogP contribution in [0.5, 0.6) is 0 Å². The van der Waals surface area contributed by atoms with Crippen molar-refractivity contribution in [3.8, 4) is 10.4 Å². The Bertz CT molecular complexity index is 481. The van der Waals surface area contributed by atoms with Crippen molar-refractivity contribution in [2.24, 2.45) is 0 Å². The fourth-order valence-corrected chi connectivity index (χ4v) is 2.82. The predicted molar refractivity (Wildman–Crippen MR) is 67.4 cm³/mol. The minimum absolute atomic E-state index is 0.168. The molecule has 0 spiro atoms. The van der Waals surface area contributed by atoms with Crippen molar-refractivity contribution in [2.45, 2.75) is 5.33 Å². The second-order valence-electron chi connectivity index (χ2n) is 3.03. The van der Waals surface area contributed by atoms with Gasteiger partial charge in [-0.25, -0.2) is 4.39 Å². The molecule has 2 rings (SSSR count). The van der Waals surface area contributed by atoms with Gasteiger partial charge < -0.3 is 0 Å². The van der Waals surface area contributed by atoms with Crippen LogP contribution in [0.4, 0.5) is 4.39 Å². The van der Waals surface area contributed by atoms with Crippen LogP contribution in [0, 0.1) is 5.82 Å². The molecule has 0 radical (unpaired) electrons. The van der Waals surface area contributed by atoms with E-state index >= 15 is 0 Å². The Kier molecular flexibility index (Phi) is 3.44. The Balaban J connectivity index is 2.40. The minimum atomic E-state index is -0.377. The first kappa shape index (κ1) is 11.1. The van der Waals surface area contributed by atoms with E-state index in [1.807, 2.05) is 12.1 Å². The highest BCUT2D eigenvalue weighted by Crippen LogP contribution is 2.31. The van der Waals surface area contributed by atoms with Gasteiger partial charge in [0, 0.05) is 15.1 Å². The number of benzene rings is 1. The maximum absolute atomic E-state index is 12.9. The third-order valence-corrected chi connectivity index (χ3v) is 4.40. The number of hydrogen-bond donors (Lipinski definition) is 0. The van der Waals surface area contributed by atoms with Crippen LogP contribution < -0.4 is 0 Å². The first-order valence-corrected chi connectivity index (χ1v) is 6.62. The van der Waals surface area contributed by atoms with Gasteiger partial charge in [0.05, 0.1) is 5.02 Å². The summed E-state index contributed by atoms with van der Waals surface area (Å²) < 4.78 is 12.9. The molecule has 0 aliphatic heterocycles. The molecule has 0 aliphatic rings. The lowest BCUT2D eigenvalue weighted by Gasteiger charge is -1.98. The molecule has 1 aromatic carbocycles. The number of thiophene rings is 1.